The van der Waals surface area contributed by atoms with E-state index >= 15 is 0 Å². The van der Waals surface area contributed by atoms with Gasteiger partial charge >= 0.3 is 0 Å². The number of benzene rings is 2. The van der Waals surface area contributed by atoms with Crippen LogP contribution in [0.25, 0.3) is 0 Å². The molecule has 160 valence electrons. The number of carbonyl (C=O) groups excluding carboxylic acids is 1. The maximum Gasteiger partial charge on any atom is 0.253 e. The summed E-state index contributed by atoms with van der Waals surface area (Å²) in [5.74, 6) is 1.81. The second kappa shape index (κ2) is 8.29. The Hall–Kier alpha value is -1.95. The van der Waals surface area contributed by atoms with Crippen LogP contribution < -0.4 is 9.47 Å². The lowest BCUT2D eigenvalue weighted by atomic mass is 9.68. The van der Waals surface area contributed by atoms with Crippen molar-refractivity contribution in [1.29, 1.82) is 0 Å². The Bertz CT molecular complexity index is 967. The summed E-state index contributed by atoms with van der Waals surface area (Å²) in [5.41, 5.74) is 1.81. The predicted molar refractivity (Wildman–Crippen MR) is 119 cm³/mol. The zero-order valence-corrected chi connectivity index (χ0v) is 19.0. The summed E-state index contributed by atoms with van der Waals surface area (Å²) in [6.07, 6.45) is 0.893. The van der Waals surface area contributed by atoms with Crippen LogP contribution in [0.3, 0.4) is 0 Å². The smallest absolute Gasteiger partial charge is 0.253 e. The molecular formula is C23H26Cl2N2O3. The Morgan fingerprint density at radius 1 is 1.03 bits per heavy atom. The molecular weight excluding hydrogens is 423 g/mol. The van der Waals surface area contributed by atoms with E-state index in [2.05, 4.69) is 24.1 Å². The number of likely N-dealkylation sites (tertiary alicyclic amines) is 2. The Kier molecular flexibility index (Phi) is 5.88. The molecule has 0 spiro atoms. The molecule has 2 aromatic rings. The fourth-order valence-electron chi connectivity index (χ4n) is 5.05. The molecule has 4 rings (SSSR count). The largest absolute Gasteiger partial charge is 0.493 e. The van der Waals surface area contributed by atoms with E-state index in [1.54, 1.807) is 32.4 Å². The van der Waals surface area contributed by atoms with Crippen LogP contribution >= 0.6 is 23.2 Å². The first kappa shape index (κ1) is 21.3. The SMILES string of the molecule is COc1ccc([C@@]23CCN(C(=O)c4ccc(Cl)c(Cl)c4)C[C@@H]2CN(C)C3)cc1OC. The molecule has 0 radical (unpaired) electrons. The standard InChI is InChI=1S/C23H26Cl2N2O3/c1-26-12-17-13-27(22(28)15-4-6-18(24)19(25)10-15)9-8-23(17,14-26)16-5-7-20(29-2)21(11-16)30-3/h4-7,10-11,17H,8-9,12-14H2,1-3H3/t17-,23-/m0/s1. The van der Waals surface area contributed by atoms with Crippen LogP contribution in [0.2, 0.25) is 10.0 Å². The van der Waals surface area contributed by atoms with Gasteiger partial charge in [0.05, 0.1) is 24.3 Å². The number of nitrogens with zero attached hydrogens (tertiary/aromatic N) is 2. The van der Waals surface area contributed by atoms with Gasteiger partial charge in [0.1, 0.15) is 0 Å². The molecule has 7 heteroatoms. The van der Waals surface area contributed by atoms with Crippen LogP contribution in [0.1, 0.15) is 22.3 Å². The lowest BCUT2D eigenvalue weighted by Crippen LogP contribution is -2.51. The van der Waals surface area contributed by atoms with E-state index in [9.17, 15) is 4.79 Å². The van der Waals surface area contributed by atoms with Crippen molar-refractivity contribution < 1.29 is 14.3 Å². The number of piperidine rings is 1. The highest BCUT2D eigenvalue weighted by molar-refractivity contribution is 6.42. The van der Waals surface area contributed by atoms with Gasteiger partial charge in [-0.05, 0) is 49.4 Å². The number of halogens is 2. The Morgan fingerprint density at radius 3 is 2.50 bits per heavy atom. The van der Waals surface area contributed by atoms with E-state index in [-0.39, 0.29) is 11.3 Å². The second-order valence-electron chi connectivity index (χ2n) is 8.25. The number of rotatable bonds is 4. The van der Waals surface area contributed by atoms with Crippen molar-refractivity contribution in [1.82, 2.24) is 9.80 Å². The van der Waals surface area contributed by atoms with Gasteiger partial charge in [-0.25, -0.2) is 0 Å². The third-order valence-electron chi connectivity index (χ3n) is 6.55. The number of fused-ring (bicyclic) bond motifs is 1. The molecule has 0 bridgehead atoms. The first-order valence-electron chi connectivity index (χ1n) is 10.0. The fraction of sp³-hybridized carbons (Fsp3) is 0.435. The summed E-state index contributed by atoms with van der Waals surface area (Å²) in [4.78, 5) is 17.4. The third-order valence-corrected chi connectivity index (χ3v) is 7.29. The molecule has 2 atom stereocenters. The van der Waals surface area contributed by atoms with Gasteiger partial charge in [0.2, 0.25) is 0 Å². The maximum absolute atomic E-state index is 13.1. The number of hydrogen-bond acceptors (Lipinski definition) is 4. The number of carbonyl (C=O) groups is 1. The number of amides is 1. The molecule has 0 unspecified atom stereocenters. The maximum atomic E-state index is 13.1. The lowest BCUT2D eigenvalue weighted by Gasteiger charge is -2.44. The summed E-state index contributed by atoms with van der Waals surface area (Å²) < 4.78 is 11.0. The molecule has 0 saturated carbocycles. The van der Waals surface area contributed by atoms with Gasteiger partial charge in [0.25, 0.3) is 5.91 Å². The summed E-state index contributed by atoms with van der Waals surface area (Å²) in [5, 5.41) is 0.858. The van der Waals surface area contributed by atoms with Crippen molar-refractivity contribution in [2.75, 3.05) is 47.4 Å². The molecule has 2 aromatic carbocycles. The van der Waals surface area contributed by atoms with E-state index in [0.717, 1.165) is 31.0 Å². The number of hydrogen-bond donors (Lipinski definition) is 0. The molecule has 0 aliphatic carbocycles. The van der Waals surface area contributed by atoms with Gasteiger partial charge in [0.15, 0.2) is 11.5 Å². The van der Waals surface area contributed by atoms with Gasteiger partial charge < -0.3 is 19.3 Å². The predicted octanol–water partition coefficient (Wildman–Crippen LogP) is 4.36. The molecule has 2 fully saturated rings. The molecule has 2 heterocycles. The third kappa shape index (κ3) is 3.64. The normalized spacial score (nSPS) is 23.9. The fourth-order valence-corrected chi connectivity index (χ4v) is 5.35. The van der Waals surface area contributed by atoms with Crippen molar-refractivity contribution in [3.05, 3.63) is 57.6 Å². The van der Waals surface area contributed by atoms with Crippen LogP contribution in [0.4, 0.5) is 0 Å². The summed E-state index contributed by atoms with van der Waals surface area (Å²) in [7, 11) is 5.46. The van der Waals surface area contributed by atoms with Crippen LogP contribution in [0.5, 0.6) is 11.5 Å². The van der Waals surface area contributed by atoms with Gasteiger partial charge in [-0.3, -0.25) is 4.79 Å². The molecule has 2 aliphatic heterocycles. The number of likely N-dealkylation sites (N-methyl/N-ethyl adjacent to an activating group) is 1. The van der Waals surface area contributed by atoms with Crippen molar-refractivity contribution in [2.24, 2.45) is 5.92 Å². The van der Waals surface area contributed by atoms with Crippen LogP contribution in [0, 0.1) is 5.92 Å². The second-order valence-corrected chi connectivity index (χ2v) is 9.06. The summed E-state index contributed by atoms with van der Waals surface area (Å²) in [6.45, 7) is 3.30. The first-order chi connectivity index (χ1) is 14.4. The Labute approximate surface area is 187 Å². The van der Waals surface area contributed by atoms with E-state index in [1.807, 2.05) is 11.0 Å². The zero-order chi connectivity index (χ0) is 21.5. The van der Waals surface area contributed by atoms with E-state index in [1.165, 1.54) is 5.56 Å². The Morgan fingerprint density at radius 2 is 1.80 bits per heavy atom. The highest BCUT2D eigenvalue weighted by atomic mass is 35.5. The van der Waals surface area contributed by atoms with Crippen LogP contribution in [-0.4, -0.2) is 63.2 Å². The first-order valence-corrected chi connectivity index (χ1v) is 10.8. The number of ether oxygens (including phenoxy) is 2. The molecule has 0 aromatic heterocycles. The average molecular weight is 449 g/mol. The van der Waals surface area contributed by atoms with E-state index < -0.39 is 0 Å². The van der Waals surface area contributed by atoms with Crippen molar-refractivity contribution in [3.8, 4) is 11.5 Å². The molecule has 2 saturated heterocycles. The summed E-state index contributed by atoms with van der Waals surface area (Å²) in [6, 6.07) is 11.3. The highest BCUT2D eigenvalue weighted by Crippen LogP contribution is 2.47. The van der Waals surface area contributed by atoms with Crippen molar-refractivity contribution >= 4 is 29.1 Å². The van der Waals surface area contributed by atoms with Gasteiger partial charge in [0, 0.05) is 43.1 Å². The van der Waals surface area contributed by atoms with Gasteiger partial charge in [-0.1, -0.05) is 29.3 Å². The monoisotopic (exact) mass is 448 g/mol. The number of methoxy groups -OCH3 is 2. The Balaban J connectivity index is 1.61. The molecule has 5 nitrogen and oxygen atoms in total. The van der Waals surface area contributed by atoms with Crippen LogP contribution in [-0.2, 0) is 5.41 Å². The molecule has 2 aliphatic rings. The lowest BCUT2D eigenvalue weighted by molar-refractivity contribution is 0.0602. The van der Waals surface area contributed by atoms with Gasteiger partial charge in [-0.2, -0.15) is 0 Å². The van der Waals surface area contributed by atoms with Gasteiger partial charge in [-0.15, -0.1) is 0 Å². The minimum atomic E-state index is -0.0112. The van der Waals surface area contributed by atoms with Crippen molar-refractivity contribution in [2.45, 2.75) is 11.8 Å². The van der Waals surface area contributed by atoms with Crippen molar-refractivity contribution in [3.63, 3.8) is 0 Å². The zero-order valence-electron chi connectivity index (χ0n) is 17.5. The summed E-state index contributed by atoms with van der Waals surface area (Å²) >= 11 is 12.1. The molecule has 0 N–H and O–H groups in total. The minimum Gasteiger partial charge on any atom is -0.493 e. The van der Waals surface area contributed by atoms with E-state index in [0.29, 0.717) is 34.6 Å². The highest BCUT2D eigenvalue weighted by Gasteiger charge is 2.50. The average Bonchev–Trinajstić information content (AvgIpc) is 3.10. The topological polar surface area (TPSA) is 42.0 Å². The van der Waals surface area contributed by atoms with E-state index in [4.69, 9.17) is 32.7 Å². The quantitative estimate of drug-likeness (QED) is 0.696. The molecule has 30 heavy (non-hydrogen) atoms. The van der Waals surface area contributed by atoms with Crippen LogP contribution in [0.15, 0.2) is 36.4 Å². The molecule has 1 amide bonds. The minimum absolute atomic E-state index is 0.00373.